The molecule has 4 rings (SSSR count). The molecule has 2 aromatic carbocycles. The maximum Gasteiger partial charge on any atom is 0.317 e. The Bertz CT molecular complexity index is 1050. The van der Waals surface area contributed by atoms with Crippen molar-refractivity contribution >= 4 is 16.1 Å². The Hall–Kier alpha value is -2.38. The Kier molecular flexibility index (Phi) is 7.16. The van der Waals surface area contributed by atoms with Gasteiger partial charge >= 0.3 is 6.03 Å². The normalized spacial score (nSPS) is 22.3. The van der Waals surface area contributed by atoms with Crippen LogP contribution in [-0.2, 0) is 22.9 Å². The molecule has 2 atom stereocenters. The van der Waals surface area contributed by atoms with Gasteiger partial charge in [-0.05, 0) is 61.3 Å². The lowest BCUT2D eigenvalue weighted by Gasteiger charge is -2.29. The number of hydrogen-bond acceptors (Lipinski definition) is 3. The Morgan fingerprint density at radius 3 is 2.78 bits per heavy atom. The second-order valence-corrected chi connectivity index (χ2v) is 10.8. The van der Waals surface area contributed by atoms with E-state index in [9.17, 15) is 13.2 Å². The molecule has 0 radical (unpaired) electrons. The zero-order valence-electron chi connectivity index (χ0n) is 18.7. The van der Waals surface area contributed by atoms with Gasteiger partial charge in [0.15, 0.2) is 0 Å². The number of hydrogen-bond donors (Lipinski definition) is 2. The van der Waals surface area contributed by atoms with E-state index in [1.54, 1.807) is 6.92 Å². The lowest BCUT2D eigenvalue weighted by Crippen LogP contribution is -2.50. The minimum absolute atomic E-state index is 0.0364. The number of urea groups is 1. The highest BCUT2D eigenvalue weighted by Gasteiger charge is 2.38. The topological polar surface area (TPSA) is 78.5 Å². The van der Waals surface area contributed by atoms with Crippen LogP contribution < -0.4 is 10.0 Å². The van der Waals surface area contributed by atoms with Crippen LogP contribution in [0.3, 0.4) is 0 Å². The molecular weight excluding hydrogens is 422 g/mol. The zero-order valence-corrected chi connectivity index (χ0v) is 19.5. The zero-order chi connectivity index (χ0) is 22.6. The van der Waals surface area contributed by atoms with Gasteiger partial charge in [0.25, 0.3) is 0 Å². The van der Waals surface area contributed by atoms with Gasteiger partial charge < -0.3 is 10.2 Å². The van der Waals surface area contributed by atoms with Crippen LogP contribution >= 0.6 is 0 Å². The molecule has 2 bridgehead atoms. The van der Waals surface area contributed by atoms with Gasteiger partial charge in [0.05, 0.1) is 11.8 Å². The minimum atomic E-state index is -3.36. The average molecular weight is 456 g/mol. The second-order valence-electron chi connectivity index (χ2n) is 8.78. The molecule has 2 aliphatic rings. The summed E-state index contributed by atoms with van der Waals surface area (Å²) in [4.78, 5) is 14.8. The maximum atomic E-state index is 13.0. The third kappa shape index (κ3) is 5.33. The molecular formula is C25H33N3O3S. The van der Waals surface area contributed by atoms with Gasteiger partial charge in [-0.25, -0.2) is 17.9 Å². The van der Waals surface area contributed by atoms with Crippen molar-refractivity contribution in [2.45, 2.75) is 57.5 Å². The van der Waals surface area contributed by atoms with Crippen molar-refractivity contribution in [1.29, 1.82) is 0 Å². The summed E-state index contributed by atoms with van der Waals surface area (Å²) in [6.07, 6.45) is 5.33. The molecule has 0 spiro atoms. The number of fused-ring (bicyclic) bond motifs is 5. The van der Waals surface area contributed by atoms with Crippen molar-refractivity contribution in [2.24, 2.45) is 0 Å². The van der Waals surface area contributed by atoms with Crippen molar-refractivity contribution in [3.8, 4) is 11.1 Å². The first-order valence-corrected chi connectivity index (χ1v) is 13.3. The van der Waals surface area contributed by atoms with Crippen LogP contribution in [0.5, 0.6) is 0 Å². The van der Waals surface area contributed by atoms with Crippen molar-refractivity contribution in [3.63, 3.8) is 0 Å². The van der Waals surface area contributed by atoms with Gasteiger partial charge in [-0.3, -0.25) is 0 Å². The Labute approximate surface area is 191 Å². The van der Waals surface area contributed by atoms with E-state index >= 15 is 0 Å². The van der Waals surface area contributed by atoms with Crippen LogP contribution in [0.2, 0.25) is 0 Å². The largest absolute Gasteiger partial charge is 0.338 e. The van der Waals surface area contributed by atoms with Gasteiger partial charge in [0.2, 0.25) is 10.0 Å². The van der Waals surface area contributed by atoms with Crippen molar-refractivity contribution < 1.29 is 13.2 Å². The van der Waals surface area contributed by atoms with Gasteiger partial charge in [-0.2, -0.15) is 0 Å². The number of aryl methyl sites for hydroxylation is 1. The summed E-state index contributed by atoms with van der Waals surface area (Å²) in [6.45, 7) is 2.83. The van der Waals surface area contributed by atoms with Gasteiger partial charge in [0, 0.05) is 19.1 Å². The van der Waals surface area contributed by atoms with E-state index in [1.165, 1.54) is 16.7 Å². The van der Waals surface area contributed by atoms with Crippen molar-refractivity contribution in [1.82, 2.24) is 14.9 Å². The number of sulfonamides is 1. The standard InChI is InChI=1S/C25H33N3O3S/c1-2-32(30,31)27-23-14-16-28-24(23)18-19-9-8-12-21(17-19)22-13-6-5-11-20(22)10-4-3-7-15-26-25(28)29/h5-6,8-9,11-13,17,23-24,27H,2-4,7,10,14-16,18H2,1H3,(H,26,29). The predicted octanol–water partition coefficient (Wildman–Crippen LogP) is 3.71. The van der Waals surface area contributed by atoms with Gasteiger partial charge in [-0.15, -0.1) is 0 Å². The maximum absolute atomic E-state index is 13.0. The summed E-state index contributed by atoms with van der Waals surface area (Å²) in [6, 6.07) is 16.4. The lowest BCUT2D eigenvalue weighted by molar-refractivity contribution is 0.189. The molecule has 172 valence electrons. The third-order valence-electron chi connectivity index (χ3n) is 6.62. The molecule has 1 fully saturated rings. The SMILES string of the molecule is CCS(=O)(=O)NC1CCN2C(=O)NCCCCCc3ccccc3-c3cccc(c3)CC12. The summed E-state index contributed by atoms with van der Waals surface area (Å²) < 4.78 is 27.4. The highest BCUT2D eigenvalue weighted by atomic mass is 32.2. The number of amides is 2. The Balaban J connectivity index is 1.68. The van der Waals surface area contributed by atoms with Crippen LogP contribution in [0.1, 0.15) is 43.7 Å². The molecule has 0 aromatic heterocycles. The van der Waals surface area contributed by atoms with Crippen LogP contribution in [0.15, 0.2) is 48.5 Å². The molecule has 2 aromatic rings. The van der Waals surface area contributed by atoms with Crippen molar-refractivity contribution in [3.05, 3.63) is 59.7 Å². The molecule has 2 amide bonds. The minimum Gasteiger partial charge on any atom is -0.338 e. The van der Waals surface area contributed by atoms with E-state index in [-0.39, 0.29) is 23.9 Å². The van der Waals surface area contributed by atoms with E-state index in [0.717, 1.165) is 31.2 Å². The van der Waals surface area contributed by atoms with Crippen LogP contribution in [0.25, 0.3) is 11.1 Å². The fourth-order valence-electron chi connectivity index (χ4n) is 4.85. The molecule has 2 unspecified atom stereocenters. The first-order chi connectivity index (χ1) is 15.5. The van der Waals surface area contributed by atoms with Crippen molar-refractivity contribution in [2.75, 3.05) is 18.8 Å². The smallest absolute Gasteiger partial charge is 0.317 e. The molecule has 6 nitrogen and oxygen atoms in total. The van der Waals surface area contributed by atoms with Crippen LogP contribution in [0.4, 0.5) is 4.79 Å². The number of benzene rings is 2. The first kappa shape index (κ1) is 22.8. The molecule has 0 saturated carbocycles. The van der Waals surface area contributed by atoms with Gasteiger partial charge in [0.1, 0.15) is 0 Å². The number of rotatable bonds is 3. The molecule has 2 aliphatic heterocycles. The molecule has 2 N–H and O–H groups in total. The fourth-order valence-corrected chi connectivity index (χ4v) is 5.75. The summed E-state index contributed by atoms with van der Waals surface area (Å²) in [5, 5.41) is 3.06. The number of carbonyl (C=O) groups excluding carboxylic acids is 1. The highest BCUT2D eigenvalue weighted by molar-refractivity contribution is 7.89. The summed E-state index contributed by atoms with van der Waals surface area (Å²) in [7, 11) is -3.36. The predicted molar refractivity (Wildman–Crippen MR) is 128 cm³/mol. The Morgan fingerprint density at radius 1 is 1.09 bits per heavy atom. The molecule has 32 heavy (non-hydrogen) atoms. The first-order valence-electron chi connectivity index (χ1n) is 11.7. The summed E-state index contributed by atoms with van der Waals surface area (Å²) in [5.74, 6) is 0.0364. The monoisotopic (exact) mass is 455 g/mol. The van der Waals surface area contributed by atoms with E-state index < -0.39 is 10.0 Å². The van der Waals surface area contributed by atoms with E-state index in [0.29, 0.717) is 25.9 Å². The summed E-state index contributed by atoms with van der Waals surface area (Å²) >= 11 is 0. The van der Waals surface area contributed by atoms with E-state index in [2.05, 4.69) is 58.6 Å². The fraction of sp³-hybridized carbons (Fsp3) is 0.480. The third-order valence-corrected chi connectivity index (χ3v) is 8.04. The highest BCUT2D eigenvalue weighted by Crippen LogP contribution is 2.29. The quantitative estimate of drug-likeness (QED) is 0.741. The second kappa shape index (κ2) is 10.0. The van der Waals surface area contributed by atoms with Crippen LogP contribution in [-0.4, -0.2) is 50.3 Å². The van der Waals surface area contributed by atoms with Crippen LogP contribution in [0, 0.1) is 0 Å². The summed E-state index contributed by atoms with van der Waals surface area (Å²) in [5.41, 5.74) is 4.88. The van der Waals surface area contributed by atoms with Gasteiger partial charge in [-0.1, -0.05) is 55.0 Å². The van der Waals surface area contributed by atoms with E-state index in [1.807, 2.05) is 4.90 Å². The lowest BCUT2D eigenvalue weighted by atomic mass is 9.93. The molecule has 7 heteroatoms. The molecule has 0 aliphatic carbocycles. The number of nitrogens with zero attached hydrogens (tertiary/aromatic N) is 1. The van der Waals surface area contributed by atoms with E-state index in [4.69, 9.17) is 0 Å². The molecule has 1 saturated heterocycles. The average Bonchev–Trinajstić information content (AvgIpc) is 3.17. The number of carbonyl (C=O) groups is 1. The molecule has 2 heterocycles. The number of nitrogens with one attached hydrogen (secondary N) is 2. The Morgan fingerprint density at radius 2 is 1.94 bits per heavy atom.